The molecule has 1 aromatic carbocycles. The fraction of sp³-hybridized carbons (Fsp3) is 0.538. The van der Waals surface area contributed by atoms with Crippen LogP contribution in [-0.2, 0) is 4.74 Å². The Bertz CT molecular complexity index is 240. The first kappa shape index (κ1) is 12.1. The van der Waals surface area contributed by atoms with E-state index in [1.165, 1.54) is 18.5 Å². The molecule has 15 heavy (non-hydrogen) atoms. The summed E-state index contributed by atoms with van der Waals surface area (Å²) >= 11 is 0. The van der Waals surface area contributed by atoms with Crippen LogP contribution in [0.1, 0.15) is 26.7 Å². The van der Waals surface area contributed by atoms with Crippen LogP contribution in [0.25, 0.3) is 0 Å². The van der Waals surface area contributed by atoms with E-state index >= 15 is 0 Å². The second-order valence-corrected chi connectivity index (χ2v) is 3.57. The number of para-hydroxylation sites is 1. The van der Waals surface area contributed by atoms with Crippen LogP contribution in [0, 0.1) is 0 Å². The number of anilines is 1. The van der Waals surface area contributed by atoms with Crippen molar-refractivity contribution in [1.82, 2.24) is 0 Å². The number of hydrogen-bond donors (Lipinski definition) is 0. The average Bonchev–Trinajstić information content (AvgIpc) is 2.30. The molecule has 0 radical (unpaired) electrons. The smallest absolute Gasteiger partial charge is 0.118 e. The van der Waals surface area contributed by atoms with E-state index < -0.39 is 0 Å². The third kappa shape index (κ3) is 4.34. The van der Waals surface area contributed by atoms with Crippen LogP contribution in [0.2, 0.25) is 0 Å². The molecule has 2 nitrogen and oxygen atoms in total. The highest BCUT2D eigenvalue weighted by molar-refractivity contribution is 5.45. The second kappa shape index (κ2) is 7.30. The van der Waals surface area contributed by atoms with Gasteiger partial charge in [0.15, 0.2) is 0 Å². The van der Waals surface area contributed by atoms with Crippen molar-refractivity contribution >= 4 is 5.69 Å². The van der Waals surface area contributed by atoms with E-state index in [0.29, 0.717) is 6.73 Å². The van der Waals surface area contributed by atoms with Gasteiger partial charge in [-0.3, -0.25) is 0 Å². The van der Waals surface area contributed by atoms with E-state index in [2.05, 4.69) is 36.1 Å². The fourth-order valence-corrected chi connectivity index (χ4v) is 1.46. The Morgan fingerprint density at radius 3 is 2.47 bits per heavy atom. The highest BCUT2D eigenvalue weighted by Crippen LogP contribution is 2.13. The lowest BCUT2D eigenvalue weighted by atomic mass is 10.2. The minimum Gasteiger partial charge on any atom is -0.361 e. The molecule has 2 heteroatoms. The van der Waals surface area contributed by atoms with Crippen molar-refractivity contribution in [3.05, 3.63) is 30.3 Å². The molecular weight excluding hydrogens is 186 g/mol. The van der Waals surface area contributed by atoms with Crippen molar-refractivity contribution < 1.29 is 4.74 Å². The second-order valence-electron chi connectivity index (χ2n) is 3.57. The third-order valence-corrected chi connectivity index (χ3v) is 2.35. The maximum Gasteiger partial charge on any atom is 0.118 e. The van der Waals surface area contributed by atoms with Gasteiger partial charge in [0.05, 0.1) is 0 Å². The molecular formula is C13H21NO. The summed E-state index contributed by atoms with van der Waals surface area (Å²) in [5.74, 6) is 0. The first-order valence-corrected chi connectivity index (χ1v) is 5.76. The Labute approximate surface area is 92.9 Å². The molecule has 0 atom stereocenters. The first-order chi connectivity index (χ1) is 7.38. The molecule has 1 rings (SSSR count). The molecule has 0 N–H and O–H groups in total. The van der Waals surface area contributed by atoms with Crippen molar-refractivity contribution in [2.24, 2.45) is 0 Å². The van der Waals surface area contributed by atoms with Crippen molar-refractivity contribution in [3.8, 4) is 0 Å². The highest BCUT2D eigenvalue weighted by atomic mass is 16.5. The van der Waals surface area contributed by atoms with Gasteiger partial charge in [0, 0.05) is 18.8 Å². The van der Waals surface area contributed by atoms with Gasteiger partial charge >= 0.3 is 0 Å². The summed E-state index contributed by atoms with van der Waals surface area (Å²) in [6, 6.07) is 10.5. The molecule has 0 amide bonds. The minimum atomic E-state index is 0.695. The van der Waals surface area contributed by atoms with Crippen LogP contribution >= 0.6 is 0 Å². The molecule has 0 aliphatic carbocycles. The van der Waals surface area contributed by atoms with Crippen LogP contribution in [-0.4, -0.2) is 19.9 Å². The van der Waals surface area contributed by atoms with Crippen LogP contribution in [0.15, 0.2) is 30.3 Å². The molecule has 84 valence electrons. The Morgan fingerprint density at radius 1 is 1.13 bits per heavy atom. The Kier molecular flexibility index (Phi) is 5.86. The van der Waals surface area contributed by atoms with E-state index in [9.17, 15) is 0 Å². The third-order valence-electron chi connectivity index (χ3n) is 2.35. The Balaban J connectivity index is 2.55. The predicted octanol–water partition coefficient (Wildman–Crippen LogP) is 3.29. The number of rotatable bonds is 7. The van der Waals surface area contributed by atoms with Crippen molar-refractivity contribution in [2.75, 3.05) is 24.8 Å². The van der Waals surface area contributed by atoms with Gasteiger partial charge in [-0.25, -0.2) is 0 Å². The molecule has 0 saturated carbocycles. The molecule has 0 unspecified atom stereocenters. The van der Waals surface area contributed by atoms with Gasteiger partial charge in [0.2, 0.25) is 0 Å². The Hall–Kier alpha value is -1.02. The maximum absolute atomic E-state index is 5.47. The number of nitrogens with zero attached hydrogens (tertiary/aromatic N) is 1. The van der Waals surface area contributed by atoms with E-state index in [1.807, 2.05) is 13.0 Å². The van der Waals surface area contributed by atoms with Crippen molar-refractivity contribution in [1.29, 1.82) is 0 Å². The van der Waals surface area contributed by atoms with Gasteiger partial charge in [-0.1, -0.05) is 31.5 Å². The quantitative estimate of drug-likeness (QED) is 0.636. The SMILES string of the molecule is CCCCN(COCC)c1ccccc1. The summed E-state index contributed by atoms with van der Waals surface area (Å²) in [6.45, 7) is 6.78. The summed E-state index contributed by atoms with van der Waals surface area (Å²) in [5.41, 5.74) is 1.25. The van der Waals surface area contributed by atoms with Gasteiger partial charge in [-0.15, -0.1) is 0 Å². The normalized spacial score (nSPS) is 10.3. The number of benzene rings is 1. The molecule has 0 heterocycles. The van der Waals surface area contributed by atoms with Crippen molar-refractivity contribution in [2.45, 2.75) is 26.7 Å². The van der Waals surface area contributed by atoms with Crippen molar-refractivity contribution in [3.63, 3.8) is 0 Å². The number of unbranched alkanes of at least 4 members (excludes halogenated alkanes) is 1. The van der Waals surface area contributed by atoms with E-state index in [4.69, 9.17) is 4.74 Å². The molecule has 0 spiro atoms. The van der Waals surface area contributed by atoms with Gasteiger partial charge in [0.25, 0.3) is 0 Å². The summed E-state index contributed by atoms with van der Waals surface area (Å²) in [5, 5.41) is 0. The van der Waals surface area contributed by atoms with Crippen LogP contribution in [0.5, 0.6) is 0 Å². The number of ether oxygens (including phenoxy) is 1. The van der Waals surface area contributed by atoms with Gasteiger partial charge in [-0.2, -0.15) is 0 Å². The van der Waals surface area contributed by atoms with Crippen LogP contribution in [0.4, 0.5) is 5.69 Å². The summed E-state index contributed by atoms with van der Waals surface area (Å²) in [6.07, 6.45) is 2.43. The average molecular weight is 207 g/mol. The molecule has 0 aliphatic rings. The minimum absolute atomic E-state index is 0.695. The van der Waals surface area contributed by atoms with Crippen LogP contribution < -0.4 is 4.90 Å². The monoisotopic (exact) mass is 207 g/mol. The molecule has 0 bridgehead atoms. The lowest BCUT2D eigenvalue weighted by Gasteiger charge is -2.24. The van der Waals surface area contributed by atoms with Gasteiger partial charge < -0.3 is 9.64 Å². The fourth-order valence-electron chi connectivity index (χ4n) is 1.46. The van der Waals surface area contributed by atoms with Gasteiger partial charge in [0.1, 0.15) is 6.73 Å². The van der Waals surface area contributed by atoms with Gasteiger partial charge in [-0.05, 0) is 25.5 Å². The first-order valence-electron chi connectivity index (χ1n) is 5.76. The molecule has 0 fully saturated rings. The largest absolute Gasteiger partial charge is 0.361 e. The zero-order valence-electron chi connectivity index (χ0n) is 9.78. The topological polar surface area (TPSA) is 12.5 Å². The molecule has 0 saturated heterocycles. The summed E-state index contributed by atoms with van der Waals surface area (Å²) in [7, 11) is 0. The van der Waals surface area contributed by atoms with E-state index in [-0.39, 0.29) is 0 Å². The predicted molar refractivity (Wildman–Crippen MR) is 65.2 cm³/mol. The van der Waals surface area contributed by atoms with Crippen LogP contribution in [0.3, 0.4) is 0 Å². The van der Waals surface area contributed by atoms with E-state index in [1.54, 1.807) is 0 Å². The summed E-state index contributed by atoms with van der Waals surface area (Å²) in [4.78, 5) is 2.28. The Morgan fingerprint density at radius 2 is 1.87 bits per heavy atom. The lowest BCUT2D eigenvalue weighted by Crippen LogP contribution is -2.27. The number of hydrogen-bond acceptors (Lipinski definition) is 2. The summed E-state index contributed by atoms with van der Waals surface area (Å²) < 4.78 is 5.47. The standard InChI is InChI=1S/C13H21NO/c1-3-5-11-14(12-15-4-2)13-9-7-6-8-10-13/h6-10H,3-5,11-12H2,1-2H3. The molecule has 1 aromatic rings. The highest BCUT2D eigenvalue weighted by Gasteiger charge is 2.04. The maximum atomic E-state index is 5.47. The zero-order valence-corrected chi connectivity index (χ0v) is 9.78. The molecule has 0 aromatic heterocycles. The van der Waals surface area contributed by atoms with E-state index in [0.717, 1.165) is 13.2 Å². The molecule has 0 aliphatic heterocycles. The lowest BCUT2D eigenvalue weighted by molar-refractivity contribution is 0.147. The zero-order chi connectivity index (χ0) is 10.9.